The summed E-state index contributed by atoms with van der Waals surface area (Å²) < 4.78 is 14.6. The molecule has 0 aliphatic heterocycles. The van der Waals surface area contributed by atoms with Gasteiger partial charge in [-0.1, -0.05) is 29.8 Å². The summed E-state index contributed by atoms with van der Waals surface area (Å²) in [5.74, 6) is -0.527. The lowest BCUT2D eigenvalue weighted by atomic mass is 9.84. The smallest absolute Gasteiger partial charge is 0.222 e. The van der Waals surface area contributed by atoms with Crippen molar-refractivity contribution in [3.63, 3.8) is 0 Å². The molecule has 0 fully saturated rings. The van der Waals surface area contributed by atoms with E-state index in [4.69, 9.17) is 5.11 Å². The van der Waals surface area contributed by atoms with Crippen LogP contribution in [0.2, 0.25) is 0 Å². The number of carbonyl (C=O) groups excluding carboxylic acids is 1. The average molecular weight is 318 g/mol. The molecule has 1 aromatic carbocycles. The predicted octanol–water partition coefficient (Wildman–Crippen LogP) is 2.36. The summed E-state index contributed by atoms with van der Waals surface area (Å²) in [6.07, 6.45) is 0.0665. The molecule has 0 bridgehead atoms. The van der Waals surface area contributed by atoms with Gasteiger partial charge in [0, 0.05) is 22.9 Å². The van der Waals surface area contributed by atoms with Gasteiger partial charge in [-0.25, -0.2) is 4.39 Å². The minimum absolute atomic E-state index is 0.0665. The average Bonchev–Trinajstić information content (AvgIpc) is 2.30. The molecule has 0 aromatic heterocycles. The Labute approximate surface area is 115 Å². The fraction of sp³-hybridized carbons (Fsp3) is 0.462. The molecule has 0 saturated heterocycles. The highest BCUT2D eigenvalue weighted by Crippen LogP contribution is 2.27. The summed E-state index contributed by atoms with van der Waals surface area (Å²) in [5.41, 5.74) is 0.0279. The second kappa shape index (κ2) is 6.29. The number of amides is 1. The molecule has 18 heavy (non-hydrogen) atoms. The number of aliphatic hydroxyl groups excluding tert-OH is 1. The van der Waals surface area contributed by atoms with Gasteiger partial charge in [0.15, 0.2) is 0 Å². The van der Waals surface area contributed by atoms with Crippen LogP contribution < -0.4 is 5.32 Å². The molecule has 1 rings (SSSR count). The summed E-state index contributed by atoms with van der Waals surface area (Å²) >= 11 is 3.31. The largest absolute Gasteiger partial charge is 0.396 e. The molecule has 0 radical (unpaired) electrons. The van der Waals surface area contributed by atoms with Crippen LogP contribution in [0.25, 0.3) is 0 Å². The Morgan fingerprint density at radius 1 is 1.50 bits per heavy atom. The van der Waals surface area contributed by atoms with Gasteiger partial charge in [0.25, 0.3) is 0 Å². The molecule has 3 nitrogen and oxygen atoms in total. The fourth-order valence-electron chi connectivity index (χ4n) is 1.62. The van der Waals surface area contributed by atoms with Crippen molar-refractivity contribution in [1.29, 1.82) is 0 Å². The third-order valence-electron chi connectivity index (χ3n) is 2.72. The molecule has 0 heterocycles. The van der Waals surface area contributed by atoms with Gasteiger partial charge in [-0.2, -0.15) is 0 Å². The van der Waals surface area contributed by atoms with Crippen LogP contribution in [-0.4, -0.2) is 24.2 Å². The zero-order chi connectivity index (χ0) is 13.8. The third kappa shape index (κ3) is 4.07. The highest BCUT2D eigenvalue weighted by molar-refractivity contribution is 9.10. The number of carbonyl (C=O) groups is 1. The van der Waals surface area contributed by atoms with E-state index in [0.29, 0.717) is 12.1 Å². The van der Waals surface area contributed by atoms with Crippen LogP contribution in [0, 0.1) is 5.82 Å². The van der Waals surface area contributed by atoms with Gasteiger partial charge in [0.05, 0.1) is 6.61 Å². The maximum absolute atomic E-state index is 13.8. The van der Waals surface area contributed by atoms with Gasteiger partial charge in [0.1, 0.15) is 5.82 Å². The van der Waals surface area contributed by atoms with Crippen molar-refractivity contribution in [2.45, 2.75) is 25.7 Å². The van der Waals surface area contributed by atoms with Crippen LogP contribution in [0.5, 0.6) is 0 Å². The quantitative estimate of drug-likeness (QED) is 0.876. The van der Waals surface area contributed by atoms with E-state index in [2.05, 4.69) is 21.2 Å². The number of halogens is 2. The molecule has 1 aromatic rings. The second-order valence-corrected chi connectivity index (χ2v) is 5.67. The molecule has 1 amide bonds. The number of benzene rings is 1. The summed E-state index contributed by atoms with van der Waals surface area (Å²) in [6, 6.07) is 4.75. The SMILES string of the molecule is CC(C)(CNC(=O)CCO)c1cc(Br)ccc1F. The number of aliphatic hydroxyl groups is 1. The van der Waals surface area contributed by atoms with Crippen LogP contribution in [-0.2, 0) is 10.2 Å². The molecule has 0 unspecified atom stereocenters. The number of rotatable bonds is 5. The predicted molar refractivity (Wildman–Crippen MR) is 71.8 cm³/mol. The molecule has 0 aliphatic carbocycles. The monoisotopic (exact) mass is 317 g/mol. The maximum Gasteiger partial charge on any atom is 0.222 e. The van der Waals surface area contributed by atoms with E-state index in [-0.39, 0.29) is 24.8 Å². The molecule has 0 saturated carbocycles. The van der Waals surface area contributed by atoms with Gasteiger partial charge in [-0.15, -0.1) is 0 Å². The van der Waals surface area contributed by atoms with Crippen molar-refractivity contribution in [1.82, 2.24) is 5.32 Å². The summed E-state index contributed by atoms with van der Waals surface area (Å²) in [7, 11) is 0. The van der Waals surface area contributed by atoms with E-state index in [9.17, 15) is 9.18 Å². The first-order valence-corrected chi connectivity index (χ1v) is 6.49. The molecule has 0 aliphatic rings. The lowest BCUT2D eigenvalue weighted by Gasteiger charge is -2.26. The molecular weight excluding hydrogens is 301 g/mol. The lowest BCUT2D eigenvalue weighted by Crippen LogP contribution is -2.37. The second-order valence-electron chi connectivity index (χ2n) is 4.76. The fourth-order valence-corrected chi connectivity index (χ4v) is 1.98. The minimum Gasteiger partial charge on any atom is -0.396 e. The van der Waals surface area contributed by atoms with Gasteiger partial charge >= 0.3 is 0 Å². The van der Waals surface area contributed by atoms with E-state index in [0.717, 1.165) is 4.47 Å². The molecule has 2 N–H and O–H groups in total. The Kier molecular flexibility index (Phi) is 5.28. The first kappa shape index (κ1) is 15.1. The van der Waals surface area contributed by atoms with Gasteiger partial charge in [-0.3, -0.25) is 4.79 Å². The Morgan fingerprint density at radius 3 is 2.78 bits per heavy atom. The van der Waals surface area contributed by atoms with Crippen LogP contribution in [0.15, 0.2) is 22.7 Å². The Morgan fingerprint density at radius 2 is 2.17 bits per heavy atom. The first-order chi connectivity index (χ1) is 8.36. The topological polar surface area (TPSA) is 49.3 Å². The number of nitrogens with one attached hydrogen (secondary N) is 1. The van der Waals surface area contributed by atoms with Crippen molar-refractivity contribution in [3.8, 4) is 0 Å². The summed E-state index contributed by atoms with van der Waals surface area (Å²) in [6.45, 7) is 3.85. The van der Waals surface area contributed by atoms with Gasteiger partial charge < -0.3 is 10.4 Å². The first-order valence-electron chi connectivity index (χ1n) is 5.70. The molecule has 100 valence electrons. The Hall–Kier alpha value is -0.940. The van der Waals surface area contributed by atoms with E-state index >= 15 is 0 Å². The van der Waals surface area contributed by atoms with Crippen LogP contribution in [0.3, 0.4) is 0 Å². The minimum atomic E-state index is -0.515. The van der Waals surface area contributed by atoms with Gasteiger partial charge in [0.2, 0.25) is 5.91 Å². The van der Waals surface area contributed by atoms with E-state index < -0.39 is 5.41 Å². The highest BCUT2D eigenvalue weighted by Gasteiger charge is 2.25. The summed E-state index contributed by atoms with van der Waals surface area (Å²) in [5, 5.41) is 11.3. The molecule has 0 atom stereocenters. The highest BCUT2D eigenvalue weighted by atomic mass is 79.9. The maximum atomic E-state index is 13.8. The number of hydrogen-bond acceptors (Lipinski definition) is 2. The van der Waals surface area contributed by atoms with Gasteiger partial charge in [-0.05, 0) is 23.8 Å². The zero-order valence-corrected chi connectivity index (χ0v) is 12.1. The molecule has 0 spiro atoms. The van der Waals surface area contributed by atoms with Crippen molar-refractivity contribution in [3.05, 3.63) is 34.1 Å². The normalized spacial score (nSPS) is 11.4. The van der Waals surface area contributed by atoms with E-state index in [1.165, 1.54) is 6.07 Å². The summed E-state index contributed by atoms with van der Waals surface area (Å²) in [4.78, 5) is 11.3. The zero-order valence-electron chi connectivity index (χ0n) is 10.5. The van der Waals surface area contributed by atoms with Crippen molar-refractivity contribution in [2.24, 2.45) is 0 Å². The number of hydrogen-bond donors (Lipinski definition) is 2. The Bertz CT molecular complexity index is 435. The molecule has 5 heteroatoms. The van der Waals surface area contributed by atoms with Crippen molar-refractivity contribution < 1.29 is 14.3 Å². The third-order valence-corrected chi connectivity index (χ3v) is 3.22. The van der Waals surface area contributed by atoms with Crippen molar-refractivity contribution >= 4 is 21.8 Å². The van der Waals surface area contributed by atoms with E-state index in [1.54, 1.807) is 12.1 Å². The standard InChI is InChI=1S/C13H17BrFNO2/c1-13(2,8-16-12(18)5-6-17)10-7-9(14)3-4-11(10)15/h3-4,7,17H,5-6,8H2,1-2H3,(H,16,18). The lowest BCUT2D eigenvalue weighted by molar-refractivity contribution is -0.121. The van der Waals surface area contributed by atoms with Crippen LogP contribution >= 0.6 is 15.9 Å². The van der Waals surface area contributed by atoms with Crippen LogP contribution in [0.4, 0.5) is 4.39 Å². The van der Waals surface area contributed by atoms with Crippen LogP contribution in [0.1, 0.15) is 25.8 Å². The van der Waals surface area contributed by atoms with Crippen molar-refractivity contribution in [2.75, 3.05) is 13.2 Å². The Balaban J connectivity index is 2.79. The van der Waals surface area contributed by atoms with E-state index in [1.807, 2.05) is 13.8 Å². The molecular formula is C13H17BrFNO2.